The Labute approximate surface area is 150 Å². The lowest BCUT2D eigenvalue weighted by molar-refractivity contribution is 0.0729. The highest BCUT2D eigenvalue weighted by Crippen LogP contribution is 2.44. The summed E-state index contributed by atoms with van der Waals surface area (Å²) >= 11 is 5.21. The van der Waals surface area contributed by atoms with Crippen molar-refractivity contribution >= 4 is 66.6 Å². The second kappa shape index (κ2) is 13.8. The predicted molar refractivity (Wildman–Crippen MR) is 107 cm³/mol. The van der Waals surface area contributed by atoms with Gasteiger partial charge in [-0.05, 0) is 51.2 Å². The molecular formula is C11H25NO3S5Si. The summed E-state index contributed by atoms with van der Waals surface area (Å²) in [6.07, 6.45) is 0. The normalized spacial score (nSPS) is 11.7. The van der Waals surface area contributed by atoms with E-state index in [1.807, 2.05) is 39.8 Å². The van der Waals surface area contributed by atoms with Crippen LogP contribution in [0.1, 0.15) is 20.8 Å². The van der Waals surface area contributed by atoms with E-state index in [2.05, 4.69) is 0 Å². The second-order valence-corrected chi connectivity index (χ2v) is 13.3. The molecule has 0 rings (SSSR count). The van der Waals surface area contributed by atoms with Gasteiger partial charge in [0.05, 0.1) is 0 Å². The van der Waals surface area contributed by atoms with Gasteiger partial charge in [0.15, 0.2) is 0 Å². The van der Waals surface area contributed by atoms with Gasteiger partial charge in [0.25, 0.3) is 0 Å². The van der Waals surface area contributed by atoms with Crippen molar-refractivity contribution in [3.63, 3.8) is 0 Å². The first-order valence-corrected chi connectivity index (χ1v) is 14.1. The van der Waals surface area contributed by atoms with Crippen molar-refractivity contribution < 1.29 is 13.3 Å². The van der Waals surface area contributed by atoms with Crippen LogP contribution in [0.2, 0.25) is 6.04 Å². The Bertz CT molecular complexity index is 270. The topological polar surface area (TPSA) is 30.9 Å². The predicted octanol–water partition coefficient (Wildman–Crippen LogP) is 4.56. The number of hydrogen-bond acceptors (Lipinski definition) is 8. The lowest BCUT2D eigenvalue weighted by Crippen LogP contribution is -2.46. The van der Waals surface area contributed by atoms with Gasteiger partial charge in [0, 0.05) is 45.7 Å². The van der Waals surface area contributed by atoms with E-state index in [1.165, 1.54) is 0 Å². The van der Waals surface area contributed by atoms with Crippen LogP contribution in [0.25, 0.3) is 0 Å². The van der Waals surface area contributed by atoms with Crippen LogP contribution in [-0.2, 0) is 13.3 Å². The zero-order chi connectivity index (χ0) is 16.1. The lowest BCUT2D eigenvalue weighted by atomic mass is 10.9. The third-order valence-corrected chi connectivity index (χ3v) is 12.7. The van der Waals surface area contributed by atoms with Gasteiger partial charge in [-0.2, -0.15) is 0 Å². The molecule has 0 N–H and O–H groups in total. The van der Waals surface area contributed by atoms with E-state index in [0.29, 0.717) is 19.8 Å². The van der Waals surface area contributed by atoms with E-state index in [9.17, 15) is 0 Å². The molecule has 0 aromatic heterocycles. The van der Waals surface area contributed by atoms with Crippen LogP contribution in [0.3, 0.4) is 0 Å². The maximum absolute atomic E-state index is 5.82. The zero-order valence-electron chi connectivity index (χ0n) is 13.2. The summed E-state index contributed by atoms with van der Waals surface area (Å²) in [5, 5.41) is 0. The molecule has 0 atom stereocenters. The molecule has 0 aliphatic heterocycles. The van der Waals surface area contributed by atoms with E-state index >= 15 is 0 Å². The maximum Gasteiger partial charge on any atom is 0.501 e. The van der Waals surface area contributed by atoms with Gasteiger partial charge in [-0.3, -0.25) is 0 Å². The summed E-state index contributed by atoms with van der Waals surface area (Å²) in [7, 11) is 8.25. The fourth-order valence-corrected chi connectivity index (χ4v) is 11.1. The van der Waals surface area contributed by atoms with Crippen LogP contribution in [-0.4, -0.2) is 57.7 Å². The van der Waals surface area contributed by atoms with Crippen molar-refractivity contribution in [3.05, 3.63) is 0 Å². The van der Waals surface area contributed by atoms with Crippen molar-refractivity contribution in [2.24, 2.45) is 0 Å². The highest BCUT2D eigenvalue weighted by molar-refractivity contribution is 9.27. The molecule has 21 heavy (non-hydrogen) atoms. The Kier molecular flexibility index (Phi) is 14.7. The summed E-state index contributed by atoms with van der Waals surface area (Å²) in [5.41, 5.74) is 0. The van der Waals surface area contributed by atoms with E-state index in [-0.39, 0.29) is 0 Å². The van der Waals surface area contributed by atoms with E-state index in [0.717, 1.165) is 16.1 Å². The molecule has 4 nitrogen and oxygen atoms in total. The average molecular weight is 408 g/mol. The van der Waals surface area contributed by atoms with Gasteiger partial charge < -0.3 is 18.2 Å². The van der Waals surface area contributed by atoms with Gasteiger partial charge in [0.1, 0.15) is 4.32 Å². The largest absolute Gasteiger partial charge is 0.501 e. The van der Waals surface area contributed by atoms with Crippen LogP contribution >= 0.6 is 53.5 Å². The molecule has 126 valence electrons. The van der Waals surface area contributed by atoms with Gasteiger partial charge in [-0.1, -0.05) is 23.0 Å². The third kappa shape index (κ3) is 10.7. The summed E-state index contributed by atoms with van der Waals surface area (Å²) in [5.74, 6) is 0.944. The minimum atomic E-state index is -2.48. The fourth-order valence-electron chi connectivity index (χ4n) is 1.34. The van der Waals surface area contributed by atoms with Gasteiger partial charge in [-0.15, -0.1) is 0 Å². The highest BCUT2D eigenvalue weighted by atomic mass is 33.7. The summed E-state index contributed by atoms with van der Waals surface area (Å²) in [4.78, 5) is 1.94. The molecule has 0 spiro atoms. The average Bonchev–Trinajstić information content (AvgIpc) is 2.43. The number of rotatable bonds is 12. The Morgan fingerprint density at radius 2 is 1.52 bits per heavy atom. The first kappa shape index (κ1) is 22.4. The standard InChI is InChI=1S/C11H25NO3S5Si/c1-6-13-21(14-7-2,15-8-3)10-9-17-19-20-18-11(16)12(4)5/h6-10H2,1-5H3. The van der Waals surface area contributed by atoms with E-state index < -0.39 is 8.80 Å². The van der Waals surface area contributed by atoms with Crippen molar-refractivity contribution in [2.75, 3.05) is 39.7 Å². The minimum absolute atomic E-state index is 0.631. The molecule has 0 aliphatic rings. The van der Waals surface area contributed by atoms with Crippen molar-refractivity contribution in [1.29, 1.82) is 0 Å². The Balaban J connectivity index is 3.99. The second-order valence-electron chi connectivity index (χ2n) is 3.93. The third-order valence-electron chi connectivity index (χ3n) is 2.13. The SMILES string of the molecule is CCO[Si](CCSSSSC(=S)N(C)C)(OCC)OCC. The van der Waals surface area contributed by atoms with E-state index in [4.69, 9.17) is 25.5 Å². The molecule has 0 fully saturated rings. The molecule has 0 saturated carbocycles. The number of thiocarbonyl (C=S) groups is 1. The zero-order valence-corrected chi connectivity index (χ0v) is 18.3. The number of hydrogen-bond donors (Lipinski definition) is 0. The first-order chi connectivity index (χ1) is 10.0. The molecule has 10 heteroatoms. The molecule has 0 amide bonds. The molecule has 0 aliphatic carbocycles. The van der Waals surface area contributed by atoms with E-state index in [1.54, 1.807) is 41.2 Å². The van der Waals surface area contributed by atoms with Crippen molar-refractivity contribution in [3.8, 4) is 0 Å². The smallest absolute Gasteiger partial charge is 0.374 e. The molecule has 0 saturated heterocycles. The number of nitrogens with zero attached hydrogens (tertiary/aromatic N) is 1. The summed E-state index contributed by atoms with van der Waals surface area (Å²) < 4.78 is 18.3. The molecule has 0 aromatic carbocycles. The van der Waals surface area contributed by atoms with Gasteiger partial charge >= 0.3 is 8.80 Å². The molecular weight excluding hydrogens is 383 g/mol. The summed E-state index contributed by atoms with van der Waals surface area (Å²) in [6, 6.07) is 0.837. The maximum atomic E-state index is 5.82. The molecule has 0 radical (unpaired) electrons. The van der Waals surface area contributed by atoms with Crippen molar-refractivity contribution in [1.82, 2.24) is 4.90 Å². The van der Waals surface area contributed by atoms with Crippen molar-refractivity contribution in [2.45, 2.75) is 26.8 Å². The Morgan fingerprint density at radius 3 is 1.95 bits per heavy atom. The van der Waals surface area contributed by atoms with Crippen LogP contribution in [0, 0.1) is 0 Å². The molecule has 0 unspecified atom stereocenters. The van der Waals surface area contributed by atoms with Crippen LogP contribution in [0.15, 0.2) is 0 Å². The first-order valence-electron chi connectivity index (χ1n) is 6.77. The lowest BCUT2D eigenvalue weighted by Gasteiger charge is -2.28. The molecule has 0 bridgehead atoms. The summed E-state index contributed by atoms with van der Waals surface area (Å²) in [6.45, 7) is 7.84. The molecule has 0 heterocycles. The minimum Gasteiger partial charge on any atom is -0.374 e. The Morgan fingerprint density at radius 1 is 1.00 bits per heavy atom. The Hall–Kier alpha value is 1.39. The highest BCUT2D eigenvalue weighted by Gasteiger charge is 2.39. The fraction of sp³-hybridized carbons (Fsp3) is 0.909. The van der Waals surface area contributed by atoms with Gasteiger partial charge in [-0.25, -0.2) is 0 Å². The van der Waals surface area contributed by atoms with Crippen LogP contribution < -0.4 is 0 Å². The molecule has 0 aromatic rings. The van der Waals surface area contributed by atoms with Gasteiger partial charge in [0.2, 0.25) is 0 Å². The van der Waals surface area contributed by atoms with Crippen LogP contribution in [0.5, 0.6) is 0 Å². The monoisotopic (exact) mass is 407 g/mol. The quantitative estimate of drug-likeness (QED) is 0.200. The van der Waals surface area contributed by atoms with Crippen LogP contribution in [0.4, 0.5) is 0 Å².